The molecule has 8 heteroatoms. The molecule has 8 nitrogen and oxygen atoms in total. The molecule has 1 unspecified atom stereocenters. The molecule has 1 fully saturated rings. The summed E-state index contributed by atoms with van der Waals surface area (Å²) in [6.07, 6.45) is 0.907. The highest BCUT2D eigenvalue weighted by Crippen LogP contribution is 2.18. The van der Waals surface area contributed by atoms with Crippen LogP contribution < -0.4 is 0 Å². The van der Waals surface area contributed by atoms with Crippen LogP contribution in [-0.2, 0) is 11.8 Å². The summed E-state index contributed by atoms with van der Waals surface area (Å²) >= 11 is 0. The second-order valence-electron chi connectivity index (χ2n) is 4.38. The number of amides is 1. The van der Waals surface area contributed by atoms with Crippen LogP contribution >= 0.6 is 0 Å². The van der Waals surface area contributed by atoms with Crippen molar-refractivity contribution in [2.45, 2.75) is 6.10 Å². The second-order valence-corrected chi connectivity index (χ2v) is 4.38. The minimum Gasteiger partial charge on any atom is -0.394 e. The Morgan fingerprint density at radius 2 is 2.42 bits per heavy atom. The zero-order valence-corrected chi connectivity index (χ0v) is 10.5. The number of carbonyl (C=O) groups is 1. The average Bonchev–Trinajstić information content (AvgIpc) is 2.80. The topological polar surface area (TPSA) is 97.8 Å². The molecule has 0 radical (unpaired) electrons. The molecule has 1 amide bonds. The second kappa shape index (κ2) is 5.37. The van der Waals surface area contributed by atoms with Gasteiger partial charge in [-0.25, -0.2) is 0 Å². The summed E-state index contributed by atoms with van der Waals surface area (Å²) in [4.78, 5) is 23.9. The minimum absolute atomic E-state index is 0.113. The molecule has 1 aliphatic heterocycles. The quantitative estimate of drug-likeness (QED) is 0.603. The van der Waals surface area contributed by atoms with E-state index in [0.29, 0.717) is 13.2 Å². The van der Waals surface area contributed by atoms with Gasteiger partial charge in [0.1, 0.15) is 5.69 Å². The Bertz CT molecular complexity index is 499. The van der Waals surface area contributed by atoms with Gasteiger partial charge in [0.05, 0.1) is 30.4 Å². The Kier molecular flexibility index (Phi) is 3.82. The molecule has 0 saturated carbocycles. The van der Waals surface area contributed by atoms with E-state index in [1.165, 1.54) is 21.7 Å². The zero-order valence-electron chi connectivity index (χ0n) is 10.5. The molecule has 1 aromatic rings. The minimum atomic E-state index is -0.535. The number of hydrogen-bond donors (Lipinski definition) is 1. The summed E-state index contributed by atoms with van der Waals surface area (Å²) in [6.45, 7) is 0.892. The van der Waals surface area contributed by atoms with Gasteiger partial charge in [0.2, 0.25) is 0 Å². The standard InChI is InChI=1S/C11H15N3O5/c1-12-5-8(14(17)18)4-10(12)11(16)13-2-3-19-9(6-13)7-15/h4-5,9,15H,2-3,6-7H2,1H3. The van der Waals surface area contributed by atoms with Crippen LogP contribution in [-0.4, -0.2) is 57.8 Å². The SMILES string of the molecule is Cn1cc([N+](=O)[O-])cc1C(=O)N1CCOC(CO)C1. The predicted molar refractivity (Wildman–Crippen MR) is 64.8 cm³/mol. The molecule has 1 N–H and O–H groups in total. The number of hydrogen-bond acceptors (Lipinski definition) is 5. The molecular formula is C11H15N3O5. The van der Waals surface area contributed by atoms with Crippen LogP contribution in [0.15, 0.2) is 12.3 Å². The lowest BCUT2D eigenvalue weighted by Crippen LogP contribution is -2.47. The van der Waals surface area contributed by atoms with Gasteiger partial charge in [-0.15, -0.1) is 0 Å². The van der Waals surface area contributed by atoms with E-state index in [2.05, 4.69) is 0 Å². The monoisotopic (exact) mass is 269 g/mol. The number of aromatic nitrogens is 1. The van der Waals surface area contributed by atoms with Gasteiger partial charge in [-0.3, -0.25) is 14.9 Å². The van der Waals surface area contributed by atoms with Gasteiger partial charge in [0, 0.05) is 26.2 Å². The zero-order chi connectivity index (χ0) is 14.0. The van der Waals surface area contributed by atoms with Crippen molar-refractivity contribution in [2.75, 3.05) is 26.3 Å². The van der Waals surface area contributed by atoms with E-state index in [1.54, 1.807) is 7.05 Å². The molecular weight excluding hydrogens is 254 g/mol. The first-order chi connectivity index (χ1) is 9.02. The first kappa shape index (κ1) is 13.5. The third kappa shape index (κ3) is 2.74. The number of nitro groups is 1. The van der Waals surface area contributed by atoms with Gasteiger partial charge < -0.3 is 19.3 Å². The van der Waals surface area contributed by atoms with E-state index in [-0.39, 0.29) is 30.4 Å². The molecule has 0 spiro atoms. The Morgan fingerprint density at radius 1 is 1.68 bits per heavy atom. The maximum Gasteiger partial charge on any atom is 0.287 e. The molecule has 2 heterocycles. The molecule has 0 aliphatic carbocycles. The van der Waals surface area contributed by atoms with Crippen molar-refractivity contribution < 1.29 is 19.6 Å². The van der Waals surface area contributed by atoms with Gasteiger partial charge in [-0.2, -0.15) is 0 Å². The molecule has 1 aliphatic rings. The van der Waals surface area contributed by atoms with Crippen LogP contribution in [0.5, 0.6) is 0 Å². The number of rotatable bonds is 3. The van der Waals surface area contributed by atoms with Crippen LogP contribution in [0.3, 0.4) is 0 Å². The van der Waals surface area contributed by atoms with Crippen molar-refractivity contribution in [1.29, 1.82) is 0 Å². The van der Waals surface area contributed by atoms with Gasteiger partial charge in [0.25, 0.3) is 11.6 Å². The number of aliphatic hydroxyl groups is 1. The first-order valence-electron chi connectivity index (χ1n) is 5.85. The summed E-state index contributed by atoms with van der Waals surface area (Å²) in [6, 6.07) is 1.26. The van der Waals surface area contributed by atoms with Gasteiger partial charge in [-0.05, 0) is 0 Å². The first-order valence-corrected chi connectivity index (χ1v) is 5.85. The van der Waals surface area contributed by atoms with E-state index in [0.717, 1.165) is 0 Å². The number of ether oxygens (including phenoxy) is 1. The normalized spacial score (nSPS) is 19.5. The summed E-state index contributed by atoms with van der Waals surface area (Å²) in [5.74, 6) is -0.294. The van der Waals surface area contributed by atoms with E-state index < -0.39 is 11.0 Å². The van der Waals surface area contributed by atoms with E-state index in [1.807, 2.05) is 0 Å². The molecule has 104 valence electrons. The lowest BCUT2D eigenvalue weighted by molar-refractivity contribution is -0.384. The van der Waals surface area contributed by atoms with E-state index >= 15 is 0 Å². The third-order valence-corrected chi connectivity index (χ3v) is 3.05. The maximum atomic E-state index is 12.3. The van der Waals surface area contributed by atoms with Crippen molar-refractivity contribution in [3.05, 3.63) is 28.1 Å². The predicted octanol–water partition coefficient (Wildman–Crippen LogP) is -0.233. The van der Waals surface area contributed by atoms with Crippen molar-refractivity contribution >= 4 is 11.6 Å². The fourth-order valence-electron chi connectivity index (χ4n) is 2.04. The lowest BCUT2D eigenvalue weighted by atomic mass is 10.2. The molecule has 0 bridgehead atoms. The third-order valence-electron chi connectivity index (χ3n) is 3.05. The van der Waals surface area contributed by atoms with Gasteiger partial charge in [0.15, 0.2) is 0 Å². The Balaban J connectivity index is 2.17. The molecule has 19 heavy (non-hydrogen) atoms. The summed E-state index contributed by atoms with van der Waals surface area (Å²) in [5.41, 5.74) is 0.142. The van der Waals surface area contributed by atoms with E-state index in [4.69, 9.17) is 9.84 Å². The summed E-state index contributed by atoms with van der Waals surface area (Å²) in [7, 11) is 1.59. The number of aryl methyl sites for hydroxylation is 1. The molecule has 1 saturated heterocycles. The molecule has 0 aromatic carbocycles. The Hall–Kier alpha value is -1.93. The number of nitrogens with zero attached hydrogens (tertiary/aromatic N) is 3. The lowest BCUT2D eigenvalue weighted by Gasteiger charge is -2.32. The number of aliphatic hydroxyl groups excluding tert-OH is 1. The summed E-state index contributed by atoms with van der Waals surface area (Å²) < 4.78 is 6.69. The summed E-state index contributed by atoms with van der Waals surface area (Å²) in [5, 5.41) is 19.7. The van der Waals surface area contributed by atoms with Crippen LogP contribution in [0, 0.1) is 10.1 Å². The van der Waals surface area contributed by atoms with Crippen LogP contribution in [0.4, 0.5) is 5.69 Å². The number of morpholine rings is 1. The van der Waals surface area contributed by atoms with Crippen molar-refractivity contribution in [1.82, 2.24) is 9.47 Å². The molecule has 2 rings (SSSR count). The average molecular weight is 269 g/mol. The fourth-order valence-corrected chi connectivity index (χ4v) is 2.04. The number of carbonyl (C=O) groups excluding carboxylic acids is 1. The Labute approximate surface area is 109 Å². The largest absolute Gasteiger partial charge is 0.394 e. The molecule has 1 aromatic heterocycles. The van der Waals surface area contributed by atoms with Gasteiger partial charge >= 0.3 is 0 Å². The van der Waals surface area contributed by atoms with Crippen LogP contribution in [0.1, 0.15) is 10.5 Å². The van der Waals surface area contributed by atoms with Gasteiger partial charge in [-0.1, -0.05) is 0 Å². The fraction of sp³-hybridized carbons (Fsp3) is 0.545. The highest BCUT2D eigenvalue weighted by molar-refractivity contribution is 5.93. The van der Waals surface area contributed by atoms with Crippen molar-refractivity contribution in [3.8, 4) is 0 Å². The highest BCUT2D eigenvalue weighted by Gasteiger charge is 2.27. The molecule has 1 atom stereocenters. The highest BCUT2D eigenvalue weighted by atomic mass is 16.6. The smallest absolute Gasteiger partial charge is 0.287 e. The van der Waals surface area contributed by atoms with Crippen LogP contribution in [0.25, 0.3) is 0 Å². The van der Waals surface area contributed by atoms with E-state index in [9.17, 15) is 14.9 Å². The van der Waals surface area contributed by atoms with Crippen molar-refractivity contribution in [2.24, 2.45) is 7.05 Å². The van der Waals surface area contributed by atoms with Crippen LogP contribution in [0.2, 0.25) is 0 Å². The van der Waals surface area contributed by atoms with Crippen molar-refractivity contribution in [3.63, 3.8) is 0 Å². The maximum absolute atomic E-state index is 12.3. The Morgan fingerprint density at radius 3 is 3.00 bits per heavy atom.